The highest BCUT2D eigenvalue weighted by Gasteiger charge is 2.10. The molecule has 2 aromatic carbocycles. The molecule has 2 rings (SSSR count). The number of phenols is 1. The van der Waals surface area contributed by atoms with E-state index in [1.54, 1.807) is 7.11 Å². The second-order valence-electron chi connectivity index (χ2n) is 6.73. The Morgan fingerprint density at radius 1 is 1.11 bits per heavy atom. The minimum Gasteiger partial charge on any atom is -0.507 e. The number of phenolic OH excluding ortho intramolecular Hbond substituents is 1. The van der Waals surface area contributed by atoms with Crippen LogP contribution in [0.2, 0.25) is 0 Å². The van der Waals surface area contributed by atoms with Gasteiger partial charge in [0, 0.05) is 6.54 Å². The third-order valence-electron chi connectivity index (χ3n) is 4.27. The van der Waals surface area contributed by atoms with Crippen molar-refractivity contribution >= 4 is 5.96 Å². The van der Waals surface area contributed by atoms with E-state index in [4.69, 9.17) is 9.47 Å². The second kappa shape index (κ2) is 10.4. The molecule has 1 atom stereocenters. The molecular formula is C22H31N3O3. The first-order chi connectivity index (χ1) is 13.4. The molecule has 6 nitrogen and oxygen atoms in total. The van der Waals surface area contributed by atoms with Crippen molar-refractivity contribution in [1.29, 1.82) is 0 Å². The lowest BCUT2D eigenvalue weighted by Gasteiger charge is -2.19. The fourth-order valence-corrected chi connectivity index (χ4v) is 2.86. The van der Waals surface area contributed by atoms with E-state index in [9.17, 15) is 5.11 Å². The molecule has 0 aliphatic carbocycles. The number of para-hydroxylation sites is 2. The first-order valence-electron chi connectivity index (χ1n) is 9.55. The lowest BCUT2D eigenvalue weighted by molar-refractivity contribution is 0.213. The predicted molar refractivity (Wildman–Crippen MR) is 113 cm³/mol. The first kappa shape index (κ1) is 21.4. The number of hydrogen-bond acceptors (Lipinski definition) is 4. The highest BCUT2D eigenvalue weighted by Crippen LogP contribution is 2.26. The topological polar surface area (TPSA) is 75.1 Å². The predicted octanol–water partition coefficient (Wildman–Crippen LogP) is 3.54. The third kappa shape index (κ3) is 6.08. The van der Waals surface area contributed by atoms with Gasteiger partial charge >= 0.3 is 0 Å². The number of nitrogens with one attached hydrogen (secondary N) is 2. The molecule has 0 radical (unpaired) electrons. The minimum atomic E-state index is -0.0710. The molecule has 1 unspecified atom stereocenters. The van der Waals surface area contributed by atoms with Crippen molar-refractivity contribution in [2.45, 2.75) is 40.3 Å². The van der Waals surface area contributed by atoms with Crippen molar-refractivity contribution in [2.75, 3.05) is 20.2 Å². The maximum Gasteiger partial charge on any atom is 0.191 e. The Morgan fingerprint density at radius 2 is 1.75 bits per heavy atom. The van der Waals surface area contributed by atoms with Crippen molar-refractivity contribution in [3.63, 3.8) is 0 Å². The Labute approximate surface area is 167 Å². The number of aliphatic imine (C=N–C) groups is 1. The molecule has 0 saturated carbocycles. The van der Waals surface area contributed by atoms with Crippen LogP contribution in [0.15, 0.2) is 41.4 Å². The monoisotopic (exact) mass is 385 g/mol. The van der Waals surface area contributed by atoms with E-state index >= 15 is 0 Å². The zero-order valence-electron chi connectivity index (χ0n) is 17.4. The Hall–Kier alpha value is -2.89. The summed E-state index contributed by atoms with van der Waals surface area (Å²) in [5.74, 6) is 2.51. The maximum absolute atomic E-state index is 9.91. The zero-order valence-corrected chi connectivity index (χ0v) is 17.4. The van der Waals surface area contributed by atoms with Gasteiger partial charge < -0.3 is 25.2 Å². The Morgan fingerprint density at radius 3 is 2.36 bits per heavy atom. The minimum absolute atomic E-state index is 0.0710. The largest absolute Gasteiger partial charge is 0.507 e. The highest BCUT2D eigenvalue weighted by atomic mass is 16.5. The van der Waals surface area contributed by atoms with E-state index < -0.39 is 0 Å². The second-order valence-corrected chi connectivity index (χ2v) is 6.73. The van der Waals surface area contributed by atoms with Crippen LogP contribution in [0, 0.1) is 13.8 Å². The van der Waals surface area contributed by atoms with E-state index in [-0.39, 0.29) is 6.10 Å². The van der Waals surface area contributed by atoms with Crippen LogP contribution in [-0.4, -0.2) is 37.4 Å². The number of aryl methyl sites for hydroxylation is 2. The molecule has 152 valence electrons. The molecule has 0 saturated heterocycles. The van der Waals surface area contributed by atoms with Crippen LogP contribution in [0.4, 0.5) is 0 Å². The van der Waals surface area contributed by atoms with Crippen LogP contribution < -0.4 is 20.1 Å². The molecule has 3 N–H and O–H groups in total. The SMILES string of the molecule is CCNC(=NCc1cc(C)c(O)c(C)c1)NCC(C)Oc1ccccc1OC. The summed E-state index contributed by atoms with van der Waals surface area (Å²) in [5.41, 5.74) is 2.78. The van der Waals surface area contributed by atoms with Crippen LogP contribution in [-0.2, 0) is 6.54 Å². The van der Waals surface area contributed by atoms with Crippen molar-refractivity contribution in [2.24, 2.45) is 4.99 Å². The van der Waals surface area contributed by atoms with Crippen molar-refractivity contribution in [3.05, 3.63) is 53.1 Å². The summed E-state index contributed by atoms with van der Waals surface area (Å²) >= 11 is 0. The molecule has 6 heteroatoms. The summed E-state index contributed by atoms with van der Waals surface area (Å²) in [6.45, 7) is 9.71. The molecule has 28 heavy (non-hydrogen) atoms. The summed E-state index contributed by atoms with van der Waals surface area (Å²) in [4.78, 5) is 4.64. The Kier molecular flexibility index (Phi) is 7.99. The molecular weight excluding hydrogens is 354 g/mol. The average molecular weight is 386 g/mol. The van der Waals surface area contributed by atoms with Crippen molar-refractivity contribution in [3.8, 4) is 17.2 Å². The molecule has 0 spiro atoms. The summed E-state index contributed by atoms with van der Waals surface area (Å²) in [5, 5.41) is 16.5. The highest BCUT2D eigenvalue weighted by molar-refractivity contribution is 5.79. The fourth-order valence-electron chi connectivity index (χ4n) is 2.86. The molecule has 0 amide bonds. The molecule has 0 fully saturated rings. The van der Waals surface area contributed by atoms with E-state index in [1.807, 2.05) is 64.1 Å². The van der Waals surface area contributed by atoms with E-state index in [0.717, 1.165) is 34.9 Å². The number of rotatable bonds is 8. The average Bonchev–Trinajstić information content (AvgIpc) is 2.68. The van der Waals surface area contributed by atoms with Crippen molar-refractivity contribution < 1.29 is 14.6 Å². The number of guanidine groups is 1. The van der Waals surface area contributed by atoms with Crippen LogP contribution in [0.1, 0.15) is 30.5 Å². The smallest absolute Gasteiger partial charge is 0.191 e. The van der Waals surface area contributed by atoms with Gasteiger partial charge in [-0.3, -0.25) is 0 Å². The fraction of sp³-hybridized carbons (Fsp3) is 0.409. The van der Waals surface area contributed by atoms with Gasteiger partial charge in [-0.05, 0) is 56.5 Å². The number of hydrogen-bond donors (Lipinski definition) is 3. The van der Waals surface area contributed by atoms with E-state index in [1.165, 1.54) is 0 Å². The van der Waals surface area contributed by atoms with Gasteiger partial charge in [0.05, 0.1) is 20.2 Å². The maximum atomic E-state index is 9.91. The Balaban J connectivity index is 1.97. The summed E-state index contributed by atoms with van der Waals surface area (Å²) in [7, 11) is 1.63. The van der Waals surface area contributed by atoms with Gasteiger partial charge in [-0.2, -0.15) is 0 Å². The standard InChI is InChI=1S/C22H31N3O3/c1-6-23-22(25-14-18-11-15(2)21(26)16(3)12-18)24-13-17(4)28-20-10-8-7-9-19(20)27-5/h7-12,17,26H,6,13-14H2,1-5H3,(H2,23,24,25). The number of benzene rings is 2. The van der Waals surface area contributed by atoms with Gasteiger partial charge in [-0.25, -0.2) is 4.99 Å². The molecule has 0 aliphatic rings. The lowest BCUT2D eigenvalue weighted by Crippen LogP contribution is -2.41. The number of aromatic hydroxyl groups is 1. The van der Waals surface area contributed by atoms with Gasteiger partial charge in [0.1, 0.15) is 11.9 Å². The van der Waals surface area contributed by atoms with Gasteiger partial charge in [-0.1, -0.05) is 24.3 Å². The lowest BCUT2D eigenvalue weighted by atomic mass is 10.1. The van der Waals surface area contributed by atoms with Gasteiger partial charge in [0.2, 0.25) is 0 Å². The first-order valence-corrected chi connectivity index (χ1v) is 9.55. The number of nitrogens with zero attached hydrogens (tertiary/aromatic N) is 1. The Bertz CT molecular complexity index is 782. The molecule has 0 aliphatic heterocycles. The number of ether oxygens (including phenoxy) is 2. The van der Waals surface area contributed by atoms with Gasteiger partial charge in [-0.15, -0.1) is 0 Å². The quantitative estimate of drug-likeness (QED) is 0.479. The zero-order chi connectivity index (χ0) is 20.5. The van der Waals surface area contributed by atoms with E-state index in [0.29, 0.717) is 24.6 Å². The summed E-state index contributed by atoms with van der Waals surface area (Å²) in [6, 6.07) is 11.5. The number of methoxy groups -OCH3 is 1. The van der Waals surface area contributed by atoms with Crippen LogP contribution in [0.25, 0.3) is 0 Å². The van der Waals surface area contributed by atoms with Crippen LogP contribution in [0.3, 0.4) is 0 Å². The molecule has 0 heterocycles. The summed E-state index contributed by atoms with van der Waals surface area (Å²) in [6.07, 6.45) is -0.0710. The molecule has 2 aromatic rings. The van der Waals surface area contributed by atoms with Crippen molar-refractivity contribution in [1.82, 2.24) is 10.6 Å². The van der Waals surface area contributed by atoms with Crippen LogP contribution >= 0.6 is 0 Å². The van der Waals surface area contributed by atoms with Crippen LogP contribution in [0.5, 0.6) is 17.2 Å². The van der Waals surface area contributed by atoms with E-state index in [2.05, 4.69) is 15.6 Å². The third-order valence-corrected chi connectivity index (χ3v) is 4.27. The van der Waals surface area contributed by atoms with Gasteiger partial charge in [0.25, 0.3) is 0 Å². The summed E-state index contributed by atoms with van der Waals surface area (Å²) < 4.78 is 11.3. The molecule has 0 bridgehead atoms. The normalized spacial score (nSPS) is 12.4. The molecule has 0 aromatic heterocycles. The van der Waals surface area contributed by atoms with Gasteiger partial charge in [0.15, 0.2) is 17.5 Å².